The third kappa shape index (κ3) is 5.32. The van der Waals surface area contributed by atoms with E-state index < -0.39 is 0 Å². The van der Waals surface area contributed by atoms with Crippen LogP contribution in [0.3, 0.4) is 0 Å². The second kappa shape index (κ2) is 9.35. The Morgan fingerprint density at radius 3 is 2.59 bits per heavy atom. The van der Waals surface area contributed by atoms with E-state index in [1.165, 1.54) is 16.9 Å². The molecule has 0 unspecified atom stereocenters. The van der Waals surface area contributed by atoms with Crippen LogP contribution in [0.25, 0.3) is 10.2 Å². The van der Waals surface area contributed by atoms with Crippen molar-refractivity contribution in [3.63, 3.8) is 0 Å². The highest BCUT2D eigenvalue weighted by atomic mass is 32.1. The van der Waals surface area contributed by atoms with Crippen LogP contribution in [0.5, 0.6) is 0 Å². The van der Waals surface area contributed by atoms with E-state index >= 15 is 0 Å². The number of anilines is 2. The van der Waals surface area contributed by atoms with Gasteiger partial charge in [-0.05, 0) is 30.3 Å². The first-order valence-corrected chi connectivity index (χ1v) is 10.9. The molecule has 152 valence electrons. The van der Waals surface area contributed by atoms with Gasteiger partial charge in [0, 0.05) is 38.4 Å². The van der Waals surface area contributed by atoms with Crippen LogP contribution in [0.1, 0.15) is 12.5 Å². The van der Waals surface area contributed by atoms with Crippen LogP contribution >= 0.6 is 11.3 Å². The number of nitrogens with one attached hydrogen (secondary N) is 2. The van der Waals surface area contributed by atoms with Gasteiger partial charge in [-0.1, -0.05) is 48.6 Å². The van der Waals surface area contributed by atoms with Crippen molar-refractivity contribution in [3.8, 4) is 0 Å². The minimum atomic E-state index is 0.0106. The molecular weight excluding hydrogens is 382 g/mol. The van der Waals surface area contributed by atoms with Crippen LogP contribution in [0.15, 0.2) is 48.5 Å². The van der Waals surface area contributed by atoms with Crippen molar-refractivity contribution in [2.24, 2.45) is 0 Å². The zero-order valence-corrected chi connectivity index (χ0v) is 17.5. The van der Waals surface area contributed by atoms with Gasteiger partial charge in [0.25, 0.3) is 0 Å². The fourth-order valence-corrected chi connectivity index (χ4v) is 4.43. The Hall–Kier alpha value is -2.48. The average Bonchev–Trinajstić information content (AvgIpc) is 3.14. The number of hydrogen-bond acceptors (Lipinski definition) is 6. The van der Waals surface area contributed by atoms with E-state index in [1.807, 2.05) is 30.3 Å². The normalized spacial score (nSPS) is 15.5. The topological polar surface area (TPSA) is 60.5 Å². The first-order valence-electron chi connectivity index (χ1n) is 10.1. The number of piperazine rings is 1. The van der Waals surface area contributed by atoms with Gasteiger partial charge in [-0.15, -0.1) is 0 Å². The molecule has 1 saturated heterocycles. The van der Waals surface area contributed by atoms with E-state index in [0.717, 1.165) is 55.2 Å². The number of fused-ring (bicyclic) bond motifs is 1. The molecule has 2 N–H and O–H groups in total. The molecule has 0 bridgehead atoms. The Kier molecular flexibility index (Phi) is 6.39. The number of carbonyl (C=O) groups excluding carboxylic acids is 1. The summed E-state index contributed by atoms with van der Waals surface area (Å²) in [5.74, 6) is 0.0106. The fraction of sp³-hybridized carbons (Fsp3) is 0.364. The summed E-state index contributed by atoms with van der Waals surface area (Å²) in [6.07, 6.45) is 0. The molecule has 0 atom stereocenters. The van der Waals surface area contributed by atoms with Crippen molar-refractivity contribution >= 4 is 38.3 Å². The zero-order valence-electron chi connectivity index (χ0n) is 16.7. The zero-order chi connectivity index (χ0) is 20.1. The summed E-state index contributed by atoms with van der Waals surface area (Å²) in [6.45, 7) is 8.41. The molecule has 4 rings (SSSR count). The number of benzene rings is 2. The maximum absolute atomic E-state index is 12.4. The molecule has 7 heteroatoms. The van der Waals surface area contributed by atoms with Crippen LogP contribution in [0.2, 0.25) is 0 Å². The van der Waals surface area contributed by atoms with Crippen LogP contribution in [0.4, 0.5) is 10.8 Å². The Labute approximate surface area is 175 Å². The van der Waals surface area contributed by atoms with Gasteiger partial charge in [0.05, 0.1) is 16.8 Å². The van der Waals surface area contributed by atoms with Crippen molar-refractivity contribution in [1.82, 2.24) is 14.8 Å². The summed E-state index contributed by atoms with van der Waals surface area (Å²) < 4.78 is 1.06. The van der Waals surface area contributed by atoms with Crippen LogP contribution in [0, 0.1) is 0 Å². The lowest BCUT2D eigenvalue weighted by Gasteiger charge is -2.33. The number of thiazole rings is 1. The summed E-state index contributed by atoms with van der Waals surface area (Å²) >= 11 is 1.52. The SMILES string of the molecule is CCN1CCN(CC(=O)Nc2nc3ccc(NCc4ccccc4)cc3s2)CC1. The van der Waals surface area contributed by atoms with E-state index in [2.05, 4.69) is 50.5 Å². The molecule has 0 spiro atoms. The summed E-state index contributed by atoms with van der Waals surface area (Å²) in [6, 6.07) is 16.4. The number of hydrogen-bond donors (Lipinski definition) is 2. The third-order valence-corrected chi connectivity index (χ3v) is 6.19. The number of amides is 1. The van der Waals surface area contributed by atoms with Gasteiger partial charge in [0.15, 0.2) is 5.13 Å². The standard InChI is InChI=1S/C22H27N5OS/c1-2-26-10-12-27(13-11-26)16-21(28)25-22-24-19-9-8-18(14-20(19)29-22)23-15-17-6-4-3-5-7-17/h3-9,14,23H,2,10-13,15-16H2,1H3,(H,24,25,28). The lowest BCUT2D eigenvalue weighted by molar-refractivity contribution is -0.117. The van der Waals surface area contributed by atoms with Gasteiger partial charge in [-0.3, -0.25) is 9.69 Å². The fourth-order valence-electron chi connectivity index (χ4n) is 3.51. The maximum Gasteiger partial charge on any atom is 0.240 e. The first kappa shape index (κ1) is 19.8. The lowest BCUT2D eigenvalue weighted by Crippen LogP contribution is -2.48. The number of rotatable bonds is 7. The Balaban J connectivity index is 1.33. The number of likely N-dealkylation sites (N-methyl/N-ethyl adjacent to an activating group) is 1. The first-order chi connectivity index (χ1) is 14.2. The van der Waals surface area contributed by atoms with Gasteiger partial charge in [-0.25, -0.2) is 4.98 Å². The predicted octanol–water partition coefficient (Wildman–Crippen LogP) is 3.48. The molecule has 3 aromatic rings. The number of nitrogens with zero attached hydrogens (tertiary/aromatic N) is 3. The second-order valence-corrected chi connectivity index (χ2v) is 8.33. The van der Waals surface area contributed by atoms with E-state index in [4.69, 9.17) is 0 Å². The van der Waals surface area contributed by atoms with E-state index in [-0.39, 0.29) is 5.91 Å². The van der Waals surface area contributed by atoms with Crippen LogP contribution in [-0.4, -0.2) is 60.0 Å². The van der Waals surface area contributed by atoms with E-state index in [9.17, 15) is 4.79 Å². The minimum absolute atomic E-state index is 0.0106. The molecule has 1 amide bonds. The third-order valence-electron chi connectivity index (χ3n) is 5.25. The summed E-state index contributed by atoms with van der Waals surface area (Å²) in [7, 11) is 0. The molecule has 1 fully saturated rings. The highest BCUT2D eigenvalue weighted by molar-refractivity contribution is 7.22. The number of aromatic nitrogens is 1. The molecule has 2 heterocycles. The minimum Gasteiger partial charge on any atom is -0.381 e. The van der Waals surface area contributed by atoms with Gasteiger partial charge in [0.2, 0.25) is 5.91 Å². The molecule has 0 radical (unpaired) electrons. The van der Waals surface area contributed by atoms with Crippen LogP contribution in [-0.2, 0) is 11.3 Å². The van der Waals surface area contributed by atoms with Crippen LogP contribution < -0.4 is 10.6 Å². The molecule has 29 heavy (non-hydrogen) atoms. The highest BCUT2D eigenvalue weighted by Gasteiger charge is 2.18. The number of carbonyl (C=O) groups is 1. The van der Waals surface area contributed by atoms with Crippen molar-refractivity contribution in [1.29, 1.82) is 0 Å². The quantitative estimate of drug-likeness (QED) is 0.626. The maximum atomic E-state index is 12.4. The molecule has 1 aromatic heterocycles. The lowest BCUT2D eigenvalue weighted by atomic mass is 10.2. The highest BCUT2D eigenvalue weighted by Crippen LogP contribution is 2.28. The Bertz CT molecular complexity index is 950. The smallest absolute Gasteiger partial charge is 0.240 e. The van der Waals surface area contributed by atoms with Crippen molar-refractivity contribution in [3.05, 3.63) is 54.1 Å². The predicted molar refractivity (Wildman–Crippen MR) is 121 cm³/mol. The van der Waals surface area contributed by atoms with Crippen molar-refractivity contribution in [2.75, 3.05) is 49.9 Å². The summed E-state index contributed by atoms with van der Waals surface area (Å²) in [5, 5.41) is 7.08. The molecule has 1 aliphatic heterocycles. The Morgan fingerprint density at radius 1 is 1.07 bits per heavy atom. The molecular formula is C22H27N5OS. The molecule has 2 aromatic carbocycles. The van der Waals surface area contributed by atoms with Crippen molar-refractivity contribution < 1.29 is 4.79 Å². The van der Waals surface area contributed by atoms with Gasteiger partial charge < -0.3 is 15.5 Å². The second-order valence-electron chi connectivity index (χ2n) is 7.30. The molecule has 6 nitrogen and oxygen atoms in total. The van der Waals surface area contributed by atoms with Crippen molar-refractivity contribution in [2.45, 2.75) is 13.5 Å². The monoisotopic (exact) mass is 409 g/mol. The molecule has 0 saturated carbocycles. The van der Waals surface area contributed by atoms with Gasteiger partial charge in [-0.2, -0.15) is 0 Å². The molecule has 1 aliphatic rings. The molecule has 0 aliphatic carbocycles. The van der Waals surface area contributed by atoms with Gasteiger partial charge >= 0.3 is 0 Å². The largest absolute Gasteiger partial charge is 0.381 e. The average molecular weight is 410 g/mol. The Morgan fingerprint density at radius 2 is 1.83 bits per heavy atom. The summed E-state index contributed by atoms with van der Waals surface area (Å²) in [5.41, 5.74) is 3.20. The summed E-state index contributed by atoms with van der Waals surface area (Å²) in [4.78, 5) is 21.6. The van der Waals surface area contributed by atoms with E-state index in [1.54, 1.807) is 0 Å². The van der Waals surface area contributed by atoms with Gasteiger partial charge in [0.1, 0.15) is 0 Å². The van der Waals surface area contributed by atoms with E-state index in [0.29, 0.717) is 11.7 Å².